The SMILES string of the molecule is C[C@@H](Cn1ccc(-c2ccc(C#N)c(Cl)c2)n1)NC(=O)c1cn2ccncc2n1. The number of amides is 1. The van der Waals surface area contributed by atoms with Crippen molar-refractivity contribution in [2.45, 2.75) is 19.5 Å². The third kappa shape index (κ3) is 3.95. The van der Waals surface area contributed by atoms with Gasteiger partial charge in [0.2, 0.25) is 0 Å². The Labute approximate surface area is 171 Å². The van der Waals surface area contributed by atoms with Crippen LogP contribution in [0.2, 0.25) is 5.02 Å². The maximum Gasteiger partial charge on any atom is 0.271 e. The summed E-state index contributed by atoms with van der Waals surface area (Å²) in [6.07, 6.45) is 8.47. The highest BCUT2D eigenvalue weighted by atomic mass is 35.5. The molecular formula is C20H16ClN7O. The lowest BCUT2D eigenvalue weighted by Gasteiger charge is -2.13. The van der Waals surface area contributed by atoms with Crippen molar-refractivity contribution in [1.29, 1.82) is 5.26 Å². The third-order valence-electron chi connectivity index (χ3n) is 4.36. The maximum atomic E-state index is 12.5. The molecule has 3 heterocycles. The average Bonchev–Trinajstić information content (AvgIpc) is 3.34. The largest absolute Gasteiger partial charge is 0.346 e. The Balaban J connectivity index is 1.42. The second-order valence-corrected chi connectivity index (χ2v) is 6.98. The molecule has 4 aromatic rings. The molecule has 8 nitrogen and oxygen atoms in total. The van der Waals surface area contributed by atoms with Crippen LogP contribution in [0, 0.1) is 11.3 Å². The van der Waals surface area contributed by atoms with Crippen molar-refractivity contribution in [3.63, 3.8) is 0 Å². The molecule has 9 heteroatoms. The summed E-state index contributed by atoms with van der Waals surface area (Å²) in [5.41, 5.74) is 2.93. The van der Waals surface area contributed by atoms with Gasteiger partial charge in [-0.2, -0.15) is 10.4 Å². The van der Waals surface area contributed by atoms with Crippen LogP contribution in [0.4, 0.5) is 0 Å². The Morgan fingerprint density at radius 2 is 2.21 bits per heavy atom. The molecule has 0 saturated heterocycles. The lowest BCUT2D eigenvalue weighted by molar-refractivity contribution is 0.0931. The number of carbonyl (C=O) groups is 1. The van der Waals surface area contributed by atoms with Crippen molar-refractivity contribution >= 4 is 23.2 Å². The minimum atomic E-state index is -0.257. The maximum absolute atomic E-state index is 12.5. The zero-order valence-electron chi connectivity index (χ0n) is 15.5. The quantitative estimate of drug-likeness (QED) is 0.550. The fourth-order valence-corrected chi connectivity index (χ4v) is 3.18. The zero-order valence-corrected chi connectivity index (χ0v) is 16.2. The second-order valence-electron chi connectivity index (χ2n) is 6.57. The van der Waals surface area contributed by atoms with Gasteiger partial charge in [0.25, 0.3) is 5.91 Å². The van der Waals surface area contributed by atoms with E-state index in [0.29, 0.717) is 28.5 Å². The molecule has 0 unspecified atom stereocenters. The van der Waals surface area contributed by atoms with Crippen molar-refractivity contribution in [1.82, 2.24) is 29.5 Å². The molecular weight excluding hydrogens is 390 g/mol. The molecule has 144 valence electrons. The Morgan fingerprint density at radius 3 is 2.97 bits per heavy atom. The van der Waals surface area contributed by atoms with Crippen LogP contribution in [0.15, 0.2) is 55.2 Å². The van der Waals surface area contributed by atoms with Crippen molar-refractivity contribution in [2.75, 3.05) is 0 Å². The molecule has 3 aromatic heterocycles. The van der Waals surface area contributed by atoms with Crippen molar-refractivity contribution in [3.05, 3.63) is 71.5 Å². The molecule has 0 radical (unpaired) electrons. The smallest absolute Gasteiger partial charge is 0.271 e. The first kappa shape index (κ1) is 18.7. The van der Waals surface area contributed by atoms with E-state index < -0.39 is 0 Å². The van der Waals surface area contributed by atoms with Crippen molar-refractivity contribution in [3.8, 4) is 17.3 Å². The molecule has 0 aliphatic rings. The number of benzene rings is 1. The number of hydrogen-bond acceptors (Lipinski definition) is 5. The van der Waals surface area contributed by atoms with Gasteiger partial charge in [-0.05, 0) is 25.1 Å². The van der Waals surface area contributed by atoms with Gasteiger partial charge < -0.3 is 9.72 Å². The summed E-state index contributed by atoms with van der Waals surface area (Å²) in [5, 5.41) is 16.8. The summed E-state index contributed by atoms with van der Waals surface area (Å²) in [7, 11) is 0. The Morgan fingerprint density at radius 1 is 1.34 bits per heavy atom. The van der Waals surface area contributed by atoms with Gasteiger partial charge in [0.05, 0.1) is 29.0 Å². The number of fused-ring (bicyclic) bond motifs is 1. The van der Waals surface area contributed by atoms with Gasteiger partial charge in [0.1, 0.15) is 11.8 Å². The van der Waals surface area contributed by atoms with Crippen LogP contribution < -0.4 is 5.32 Å². The summed E-state index contributed by atoms with van der Waals surface area (Å²) >= 11 is 6.10. The summed E-state index contributed by atoms with van der Waals surface area (Å²) in [6.45, 7) is 2.39. The van der Waals surface area contributed by atoms with E-state index in [2.05, 4.69) is 20.4 Å². The zero-order chi connectivity index (χ0) is 20.4. The van der Waals surface area contributed by atoms with E-state index in [1.54, 1.807) is 52.1 Å². The van der Waals surface area contributed by atoms with E-state index >= 15 is 0 Å². The van der Waals surface area contributed by atoms with Crippen LogP contribution in [0.5, 0.6) is 0 Å². The predicted molar refractivity (Wildman–Crippen MR) is 107 cm³/mol. The number of aromatic nitrogens is 5. The number of carbonyl (C=O) groups excluding carboxylic acids is 1. The van der Waals surface area contributed by atoms with E-state index in [1.165, 1.54) is 0 Å². The molecule has 1 atom stereocenters. The second kappa shape index (κ2) is 7.73. The molecule has 29 heavy (non-hydrogen) atoms. The number of rotatable bonds is 5. The highest BCUT2D eigenvalue weighted by molar-refractivity contribution is 6.32. The van der Waals surface area contributed by atoms with Gasteiger partial charge in [-0.3, -0.25) is 14.5 Å². The molecule has 0 spiro atoms. The van der Waals surface area contributed by atoms with Crippen molar-refractivity contribution < 1.29 is 4.79 Å². The topological polar surface area (TPSA) is 101 Å². The van der Waals surface area contributed by atoms with E-state index in [-0.39, 0.29) is 11.9 Å². The molecule has 4 rings (SSSR count). The van der Waals surface area contributed by atoms with Gasteiger partial charge in [-0.25, -0.2) is 4.98 Å². The first-order valence-corrected chi connectivity index (χ1v) is 9.24. The third-order valence-corrected chi connectivity index (χ3v) is 4.67. The van der Waals surface area contributed by atoms with Crippen LogP contribution in [0.1, 0.15) is 23.0 Å². The van der Waals surface area contributed by atoms with Gasteiger partial charge in [-0.15, -0.1) is 0 Å². The summed E-state index contributed by atoms with van der Waals surface area (Å²) in [5.74, 6) is -0.257. The normalized spacial score (nSPS) is 11.9. The van der Waals surface area contributed by atoms with Crippen LogP contribution in [0.3, 0.4) is 0 Å². The monoisotopic (exact) mass is 405 g/mol. The fraction of sp³-hybridized carbons (Fsp3) is 0.150. The minimum absolute atomic E-state index is 0.164. The average molecular weight is 406 g/mol. The Kier molecular flexibility index (Phi) is 4.97. The number of imidazole rings is 1. The number of nitriles is 1. The van der Waals surface area contributed by atoms with Crippen LogP contribution >= 0.6 is 11.6 Å². The molecule has 0 aliphatic carbocycles. The molecule has 1 aromatic carbocycles. The molecule has 1 amide bonds. The first-order chi connectivity index (χ1) is 14.0. The molecule has 0 aliphatic heterocycles. The van der Waals surface area contributed by atoms with Gasteiger partial charge in [0, 0.05) is 36.4 Å². The van der Waals surface area contributed by atoms with Gasteiger partial charge >= 0.3 is 0 Å². The minimum Gasteiger partial charge on any atom is -0.346 e. The van der Waals surface area contributed by atoms with Gasteiger partial charge in [0.15, 0.2) is 5.65 Å². The lowest BCUT2D eigenvalue weighted by atomic mass is 10.1. The van der Waals surface area contributed by atoms with Crippen LogP contribution in [-0.2, 0) is 6.54 Å². The number of nitrogens with one attached hydrogen (secondary N) is 1. The fourth-order valence-electron chi connectivity index (χ4n) is 2.96. The number of hydrogen-bond donors (Lipinski definition) is 1. The van der Waals surface area contributed by atoms with Crippen LogP contribution in [0.25, 0.3) is 16.9 Å². The number of halogens is 1. The predicted octanol–water partition coefficient (Wildman–Crippen LogP) is 2.94. The first-order valence-electron chi connectivity index (χ1n) is 8.86. The van der Waals surface area contributed by atoms with Crippen molar-refractivity contribution in [2.24, 2.45) is 0 Å². The standard InChI is InChI=1S/C20H16ClN7O/c1-13(24-20(29)18-12-27-7-5-23-10-19(27)25-18)11-28-6-4-17(26-28)14-2-3-15(9-22)16(21)8-14/h2-8,10,12-13H,11H2,1H3,(H,24,29)/t13-/m0/s1. The summed E-state index contributed by atoms with van der Waals surface area (Å²) in [6, 6.07) is 8.93. The van der Waals surface area contributed by atoms with Crippen LogP contribution in [-0.4, -0.2) is 36.1 Å². The number of nitrogens with zero attached hydrogens (tertiary/aromatic N) is 6. The summed E-state index contributed by atoms with van der Waals surface area (Å²) in [4.78, 5) is 20.7. The lowest BCUT2D eigenvalue weighted by Crippen LogP contribution is -2.36. The molecule has 0 saturated carbocycles. The molecule has 0 bridgehead atoms. The molecule has 0 fully saturated rings. The Hall–Kier alpha value is -3.70. The summed E-state index contributed by atoms with van der Waals surface area (Å²) < 4.78 is 3.50. The van der Waals surface area contributed by atoms with E-state index in [4.69, 9.17) is 16.9 Å². The highest BCUT2D eigenvalue weighted by Gasteiger charge is 2.15. The van der Waals surface area contributed by atoms with E-state index in [9.17, 15) is 4.79 Å². The van der Waals surface area contributed by atoms with E-state index in [1.807, 2.05) is 25.3 Å². The Bertz CT molecular complexity index is 1200. The van der Waals surface area contributed by atoms with E-state index in [0.717, 1.165) is 11.3 Å². The highest BCUT2D eigenvalue weighted by Crippen LogP contribution is 2.24. The van der Waals surface area contributed by atoms with Gasteiger partial charge in [-0.1, -0.05) is 17.7 Å². The molecule has 1 N–H and O–H groups in total.